The number of hydrogen-bond donors (Lipinski definition) is 2. The van der Waals surface area contributed by atoms with Crippen LogP contribution in [-0.4, -0.2) is 34.0 Å². The third-order valence-corrected chi connectivity index (χ3v) is 3.11. The number of methoxy groups -OCH3 is 1. The minimum atomic E-state index is -0.351. The molecule has 8 heteroatoms. The molecule has 1 amide bonds. The fraction of sp³-hybridized carbons (Fsp3) is 0.167. The standard InChI is InChI=1S/C12H12N4O3S/c1-19-9-4-2-3-8(5-9)14-11(18)7-20-12-15-10(17)6-13-16-12/h2-6H,7H2,1H3,(H,14,18)(H,15,16,17). The van der Waals surface area contributed by atoms with Crippen LogP contribution in [0.15, 0.2) is 40.4 Å². The molecule has 0 saturated heterocycles. The summed E-state index contributed by atoms with van der Waals surface area (Å²) in [6.45, 7) is 0. The van der Waals surface area contributed by atoms with Crippen molar-refractivity contribution in [3.05, 3.63) is 40.8 Å². The van der Waals surface area contributed by atoms with Crippen molar-refractivity contribution in [3.63, 3.8) is 0 Å². The number of amides is 1. The number of carbonyl (C=O) groups is 1. The monoisotopic (exact) mass is 292 g/mol. The number of benzene rings is 1. The van der Waals surface area contributed by atoms with E-state index >= 15 is 0 Å². The zero-order valence-electron chi connectivity index (χ0n) is 10.6. The number of ether oxygens (including phenoxy) is 1. The Labute approximate surface area is 118 Å². The second kappa shape index (κ2) is 6.71. The van der Waals surface area contributed by atoms with E-state index in [-0.39, 0.29) is 17.2 Å². The van der Waals surface area contributed by atoms with Crippen LogP contribution in [-0.2, 0) is 4.79 Å². The van der Waals surface area contributed by atoms with Gasteiger partial charge in [-0.15, -0.1) is 5.10 Å². The number of aromatic nitrogens is 3. The summed E-state index contributed by atoms with van der Waals surface area (Å²) in [7, 11) is 1.56. The summed E-state index contributed by atoms with van der Waals surface area (Å²) in [6.07, 6.45) is 1.07. The van der Waals surface area contributed by atoms with Gasteiger partial charge in [0.25, 0.3) is 5.56 Å². The Morgan fingerprint density at radius 3 is 3.10 bits per heavy atom. The number of carbonyl (C=O) groups excluding carboxylic acids is 1. The molecule has 0 saturated carbocycles. The van der Waals surface area contributed by atoms with Crippen LogP contribution in [0.1, 0.15) is 0 Å². The third-order valence-electron chi connectivity index (χ3n) is 2.25. The molecule has 0 atom stereocenters. The van der Waals surface area contributed by atoms with Crippen molar-refractivity contribution in [2.45, 2.75) is 5.16 Å². The van der Waals surface area contributed by atoms with Crippen LogP contribution in [0.25, 0.3) is 0 Å². The highest BCUT2D eigenvalue weighted by Crippen LogP contribution is 2.17. The highest BCUT2D eigenvalue weighted by molar-refractivity contribution is 7.99. The Kier molecular flexibility index (Phi) is 4.72. The third kappa shape index (κ3) is 4.09. The van der Waals surface area contributed by atoms with Gasteiger partial charge in [-0.3, -0.25) is 14.6 Å². The predicted octanol–water partition coefficient (Wildman–Crippen LogP) is 0.904. The molecule has 0 aliphatic carbocycles. The largest absolute Gasteiger partial charge is 0.497 e. The van der Waals surface area contributed by atoms with E-state index in [0.717, 1.165) is 18.0 Å². The second-order valence-corrected chi connectivity index (χ2v) is 4.67. The van der Waals surface area contributed by atoms with Crippen molar-refractivity contribution < 1.29 is 9.53 Å². The number of thioether (sulfide) groups is 1. The molecule has 0 aliphatic heterocycles. The molecule has 0 unspecified atom stereocenters. The van der Waals surface area contributed by atoms with Crippen molar-refractivity contribution in [3.8, 4) is 5.75 Å². The van der Waals surface area contributed by atoms with Crippen LogP contribution in [0.4, 0.5) is 5.69 Å². The number of H-pyrrole nitrogens is 1. The summed E-state index contributed by atoms with van der Waals surface area (Å²) < 4.78 is 5.06. The maximum absolute atomic E-state index is 11.8. The van der Waals surface area contributed by atoms with Gasteiger partial charge in [-0.25, -0.2) is 0 Å². The SMILES string of the molecule is COc1cccc(NC(=O)CSc2nncc(=O)[nH]2)c1. The van der Waals surface area contributed by atoms with Crippen LogP contribution >= 0.6 is 11.8 Å². The number of hydrogen-bond acceptors (Lipinski definition) is 6. The predicted molar refractivity (Wildman–Crippen MR) is 75.0 cm³/mol. The van der Waals surface area contributed by atoms with Gasteiger partial charge in [0, 0.05) is 11.8 Å². The van der Waals surface area contributed by atoms with Crippen molar-refractivity contribution in [1.82, 2.24) is 15.2 Å². The fourth-order valence-electron chi connectivity index (χ4n) is 1.39. The summed E-state index contributed by atoms with van der Waals surface area (Å²) in [4.78, 5) is 25.2. The quantitative estimate of drug-likeness (QED) is 0.795. The molecule has 0 aliphatic rings. The molecule has 0 spiro atoms. The van der Waals surface area contributed by atoms with Gasteiger partial charge in [0.15, 0.2) is 5.16 Å². The summed E-state index contributed by atoms with van der Waals surface area (Å²) in [5, 5.41) is 10.2. The first kappa shape index (κ1) is 14.1. The van der Waals surface area contributed by atoms with Crippen LogP contribution in [0.3, 0.4) is 0 Å². The smallest absolute Gasteiger partial charge is 0.270 e. The number of aromatic amines is 1. The number of nitrogens with one attached hydrogen (secondary N) is 2. The van der Waals surface area contributed by atoms with Crippen LogP contribution in [0, 0.1) is 0 Å². The van der Waals surface area contributed by atoms with E-state index in [9.17, 15) is 9.59 Å². The Bertz CT molecular complexity index is 659. The molecule has 20 heavy (non-hydrogen) atoms. The Balaban J connectivity index is 1.90. The molecule has 2 aromatic rings. The number of anilines is 1. The van der Waals surface area contributed by atoms with Gasteiger partial charge in [0.2, 0.25) is 5.91 Å². The Hall–Kier alpha value is -2.35. The second-order valence-electron chi connectivity index (χ2n) is 3.71. The van der Waals surface area contributed by atoms with Crippen molar-refractivity contribution in [2.75, 3.05) is 18.2 Å². The van der Waals surface area contributed by atoms with Crippen LogP contribution in [0.2, 0.25) is 0 Å². The molecule has 2 rings (SSSR count). The molecule has 1 heterocycles. The lowest BCUT2D eigenvalue weighted by molar-refractivity contribution is -0.113. The van der Waals surface area contributed by atoms with Gasteiger partial charge in [0.05, 0.1) is 12.9 Å². The summed E-state index contributed by atoms with van der Waals surface area (Å²) in [6, 6.07) is 7.04. The first-order valence-corrected chi connectivity index (χ1v) is 6.64. The summed E-state index contributed by atoms with van der Waals surface area (Å²) in [5.74, 6) is 0.565. The molecular weight excluding hydrogens is 280 g/mol. The van der Waals surface area contributed by atoms with Gasteiger partial charge in [0.1, 0.15) is 11.9 Å². The molecule has 1 aromatic carbocycles. The van der Waals surface area contributed by atoms with E-state index in [4.69, 9.17) is 4.74 Å². The van der Waals surface area contributed by atoms with Crippen LogP contribution in [0.5, 0.6) is 5.75 Å². The molecule has 1 aromatic heterocycles. The average Bonchev–Trinajstić information content (AvgIpc) is 2.45. The lowest BCUT2D eigenvalue weighted by Crippen LogP contribution is -2.15. The van der Waals surface area contributed by atoms with E-state index in [2.05, 4.69) is 20.5 Å². The zero-order chi connectivity index (χ0) is 14.4. The van der Waals surface area contributed by atoms with Gasteiger partial charge >= 0.3 is 0 Å². The Morgan fingerprint density at radius 2 is 2.35 bits per heavy atom. The normalized spacial score (nSPS) is 10.1. The first-order chi connectivity index (χ1) is 9.67. The molecule has 0 radical (unpaired) electrons. The minimum Gasteiger partial charge on any atom is -0.497 e. The van der Waals surface area contributed by atoms with Crippen molar-refractivity contribution in [2.24, 2.45) is 0 Å². The molecule has 0 bridgehead atoms. The van der Waals surface area contributed by atoms with Gasteiger partial charge < -0.3 is 10.1 Å². The maximum Gasteiger partial charge on any atom is 0.270 e. The molecule has 104 valence electrons. The van der Waals surface area contributed by atoms with Crippen molar-refractivity contribution in [1.29, 1.82) is 0 Å². The molecule has 7 nitrogen and oxygen atoms in total. The average molecular weight is 292 g/mol. The van der Waals surface area contributed by atoms with E-state index in [1.54, 1.807) is 31.4 Å². The first-order valence-electron chi connectivity index (χ1n) is 5.66. The van der Waals surface area contributed by atoms with E-state index in [1.807, 2.05) is 0 Å². The van der Waals surface area contributed by atoms with Gasteiger partial charge in [-0.05, 0) is 12.1 Å². The van der Waals surface area contributed by atoms with E-state index in [0.29, 0.717) is 16.6 Å². The molecule has 2 N–H and O–H groups in total. The number of rotatable bonds is 5. The molecular formula is C12H12N4O3S. The van der Waals surface area contributed by atoms with Crippen LogP contribution < -0.4 is 15.6 Å². The lowest BCUT2D eigenvalue weighted by Gasteiger charge is -2.06. The highest BCUT2D eigenvalue weighted by Gasteiger charge is 2.06. The Morgan fingerprint density at radius 1 is 1.50 bits per heavy atom. The van der Waals surface area contributed by atoms with Gasteiger partial charge in [-0.2, -0.15) is 5.10 Å². The highest BCUT2D eigenvalue weighted by atomic mass is 32.2. The van der Waals surface area contributed by atoms with Gasteiger partial charge in [-0.1, -0.05) is 17.8 Å². The number of nitrogens with zero attached hydrogens (tertiary/aromatic N) is 2. The van der Waals surface area contributed by atoms with Crippen molar-refractivity contribution >= 4 is 23.4 Å². The maximum atomic E-state index is 11.8. The fourth-order valence-corrected chi connectivity index (χ4v) is 2.01. The summed E-state index contributed by atoms with van der Waals surface area (Å²) in [5.41, 5.74) is 0.290. The molecule has 0 fully saturated rings. The zero-order valence-corrected chi connectivity index (χ0v) is 11.4. The van der Waals surface area contributed by atoms with E-state index in [1.165, 1.54) is 0 Å². The topological polar surface area (TPSA) is 97.0 Å². The van der Waals surface area contributed by atoms with E-state index < -0.39 is 0 Å². The minimum absolute atomic E-state index is 0.117. The summed E-state index contributed by atoms with van der Waals surface area (Å²) >= 11 is 1.10. The lowest BCUT2D eigenvalue weighted by atomic mass is 10.3.